The van der Waals surface area contributed by atoms with E-state index in [1.807, 2.05) is 37.3 Å². The summed E-state index contributed by atoms with van der Waals surface area (Å²) in [5.41, 5.74) is 1.11. The van der Waals surface area contributed by atoms with Crippen molar-refractivity contribution < 1.29 is 9.84 Å². The third kappa shape index (κ3) is 2.59. The van der Waals surface area contributed by atoms with Crippen molar-refractivity contribution in [2.45, 2.75) is 20.1 Å². The second-order valence-corrected chi connectivity index (χ2v) is 4.69. The number of aryl methyl sites for hydroxylation is 1. The van der Waals surface area contributed by atoms with E-state index in [0.29, 0.717) is 17.5 Å². The molecule has 0 atom stereocenters. The van der Waals surface area contributed by atoms with E-state index in [0.717, 1.165) is 10.4 Å². The fraction of sp³-hybridized carbons (Fsp3) is 0.250. The van der Waals surface area contributed by atoms with Gasteiger partial charge in [-0.25, -0.2) is 4.98 Å². The lowest BCUT2D eigenvalue weighted by molar-refractivity contribution is 0.271. The highest BCUT2D eigenvalue weighted by Crippen LogP contribution is 2.24. The topological polar surface area (TPSA) is 42.4 Å². The Balaban J connectivity index is 2.02. The Hall–Kier alpha value is -1.39. The molecule has 0 spiro atoms. The molecule has 0 bridgehead atoms. The molecule has 1 aromatic heterocycles. The van der Waals surface area contributed by atoms with E-state index in [1.54, 1.807) is 0 Å². The number of hydrogen-bond acceptors (Lipinski definition) is 4. The molecule has 0 fully saturated rings. The van der Waals surface area contributed by atoms with E-state index in [2.05, 4.69) is 4.98 Å². The van der Waals surface area contributed by atoms with Crippen LogP contribution in [0.1, 0.15) is 15.4 Å². The van der Waals surface area contributed by atoms with E-state index < -0.39 is 0 Å². The van der Waals surface area contributed by atoms with Crippen molar-refractivity contribution in [2.24, 2.45) is 0 Å². The number of benzene rings is 1. The van der Waals surface area contributed by atoms with Gasteiger partial charge in [0.2, 0.25) is 5.88 Å². The molecule has 2 aromatic rings. The molecule has 1 aromatic carbocycles. The zero-order valence-electron chi connectivity index (χ0n) is 9.01. The molecule has 0 radical (unpaired) electrons. The van der Waals surface area contributed by atoms with Crippen LogP contribution in [-0.4, -0.2) is 10.1 Å². The van der Waals surface area contributed by atoms with Crippen molar-refractivity contribution in [3.63, 3.8) is 0 Å². The normalized spacial score (nSPS) is 10.4. The lowest BCUT2D eigenvalue weighted by atomic mass is 10.2. The van der Waals surface area contributed by atoms with Crippen LogP contribution in [0.25, 0.3) is 0 Å². The van der Waals surface area contributed by atoms with Crippen LogP contribution in [0.5, 0.6) is 5.88 Å². The van der Waals surface area contributed by atoms with E-state index in [-0.39, 0.29) is 6.61 Å². The Kier molecular flexibility index (Phi) is 3.54. The summed E-state index contributed by atoms with van der Waals surface area (Å²) >= 11 is 1.46. The highest BCUT2D eigenvalue weighted by molar-refractivity contribution is 7.11. The number of aliphatic hydroxyl groups is 1. The number of hydrogen-bond donors (Lipinski definition) is 1. The molecular weight excluding hydrogens is 222 g/mol. The van der Waals surface area contributed by atoms with Gasteiger partial charge in [-0.1, -0.05) is 30.3 Å². The minimum absolute atomic E-state index is 0.0276. The molecule has 84 valence electrons. The summed E-state index contributed by atoms with van der Waals surface area (Å²) in [5.74, 6) is 0.623. The zero-order valence-corrected chi connectivity index (χ0v) is 9.83. The third-order valence-electron chi connectivity index (χ3n) is 2.15. The number of rotatable bonds is 4. The van der Waals surface area contributed by atoms with Crippen molar-refractivity contribution in [3.05, 3.63) is 45.8 Å². The van der Waals surface area contributed by atoms with Gasteiger partial charge in [-0.2, -0.15) is 0 Å². The first-order chi connectivity index (χ1) is 7.79. The second-order valence-electron chi connectivity index (χ2n) is 3.40. The molecule has 2 rings (SSSR count). The molecule has 0 aliphatic carbocycles. The number of nitrogens with zero attached hydrogens (tertiary/aromatic N) is 1. The minimum atomic E-state index is -0.0276. The molecule has 4 heteroatoms. The van der Waals surface area contributed by atoms with Gasteiger partial charge in [0.25, 0.3) is 0 Å². The first-order valence-electron chi connectivity index (χ1n) is 5.03. The maximum Gasteiger partial charge on any atom is 0.228 e. The van der Waals surface area contributed by atoms with Crippen LogP contribution in [0.15, 0.2) is 30.3 Å². The van der Waals surface area contributed by atoms with Gasteiger partial charge in [0, 0.05) is 0 Å². The molecule has 0 amide bonds. The van der Waals surface area contributed by atoms with Crippen LogP contribution in [-0.2, 0) is 13.2 Å². The van der Waals surface area contributed by atoms with Crippen molar-refractivity contribution >= 4 is 11.3 Å². The molecule has 16 heavy (non-hydrogen) atoms. The number of aromatic nitrogens is 1. The van der Waals surface area contributed by atoms with E-state index >= 15 is 0 Å². The Morgan fingerprint density at radius 1 is 1.31 bits per heavy atom. The predicted molar refractivity (Wildman–Crippen MR) is 63.5 cm³/mol. The van der Waals surface area contributed by atoms with Gasteiger partial charge in [-0.3, -0.25) is 0 Å². The predicted octanol–water partition coefficient (Wildman–Crippen LogP) is 2.52. The molecular formula is C12H13NO2S. The highest BCUT2D eigenvalue weighted by atomic mass is 32.1. The van der Waals surface area contributed by atoms with Gasteiger partial charge in [0.1, 0.15) is 11.6 Å². The van der Waals surface area contributed by atoms with Crippen molar-refractivity contribution in [2.75, 3.05) is 0 Å². The fourth-order valence-corrected chi connectivity index (χ4v) is 2.10. The average Bonchev–Trinajstić information content (AvgIpc) is 2.69. The molecule has 1 heterocycles. The lowest BCUT2D eigenvalue weighted by Gasteiger charge is -2.03. The van der Waals surface area contributed by atoms with Crippen molar-refractivity contribution in [1.29, 1.82) is 0 Å². The van der Waals surface area contributed by atoms with Gasteiger partial charge >= 0.3 is 0 Å². The molecule has 0 unspecified atom stereocenters. The van der Waals surface area contributed by atoms with E-state index in [1.165, 1.54) is 11.3 Å². The summed E-state index contributed by atoms with van der Waals surface area (Å²) in [5, 5.41) is 9.65. The largest absolute Gasteiger partial charge is 0.472 e. The first-order valence-corrected chi connectivity index (χ1v) is 5.85. The molecule has 0 saturated heterocycles. The SMILES string of the molecule is Cc1sc(CO)nc1OCc1ccccc1. The van der Waals surface area contributed by atoms with Crippen LogP contribution in [0.3, 0.4) is 0 Å². The quantitative estimate of drug-likeness (QED) is 0.885. The molecule has 0 aliphatic rings. The van der Waals surface area contributed by atoms with Gasteiger partial charge in [0.15, 0.2) is 0 Å². The van der Waals surface area contributed by atoms with Crippen LogP contribution in [0.2, 0.25) is 0 Å². The molecule has 3 nitrogen and oxygen atoms in total. The maximum atomic E-state index is 8.95. The average molecular weight is 235 g/mol. The number of thiazole rings is 1. The van der Waals surface area contributed by atoms with E-state index in [4.69, 9.17) is 9.84 Å². The van der Waals surface area contributed by atoms with Gasteiger partial charge in [0.05, 0.1) is 11.5 Å². The summed E-state index contributed by atoms with van der Waals surface area (Å²) in [7, 11) is 0. The smallest absolute Gasteiger partial charge is 0.228 e. The van der Waals surface area contributed by atoms with Crippen molar-refractivity contribution in [1.82, 2.24) is 4.98 Å². The van der Waals surface area contributed by atoms with Gasteiger partial charge in [-0.15, -0.1) is 11.3 Å². The Labute approximate surface area is 98.4 Å². The van der Waals surface area contributed by atoms with Crippen LogP contribution >= 0.6 is 11.3 Å². The zero-order chi connectivity index (χ0) is 11.4. The standard InChI is InChI=1S/C12H13NO2S/c1-9-12(13-11(7-14)16-9)15-8-10-5-3-2-4-6-10/h2-6,14H,7-8H2,1H3. The summed E-state index contributed by atoms with van der Waals surface area (Å²) in [6.07, 6.45) is 0. The second kappa shape index (κ2) is 5.09. The Morgan fingerprint density at radius 2 is 2.06 bits per heavy atom. The van der Waals surface area contributed by atoms with Gasteiger partial charge in [-0.05, 0) is 12.5 Å². The maximum absolute atomic E-state index is 8.95. The number of aliphatic hydroxyl groups excluding tert-OH is 1. The third-order valence-corrected chi connectivity index (χ3v) is 3.09. The van der Waals surface area contributed by atoms with Crippen LogP contribution in [0, 0.1) is 6.92 Å². The van der Waals surface area contributed by atoms with Gasteiger partial charge < -0.3 is 9.84 Å². The highest BCUT2D eigenvalue weighted by Gasteiger charge is 2.07. The number of ether oxygens (including phenoxy) is 1. The lowest BCUT2D eigenvalue weighted by Crippen LogP contribution is -1.96. The van der Waals surface area contributed by atoms with Crippen LogP contribution in [0.4, 0.5) is 0 Å². The molecule has 0 saturated carbocycles. The first kappa shape index (κ1) is 11.1. The summed E-state index contributed by atoms with van der Waals surface area (Å²) < 4.78 is 5.59. The minimum Gasteiger partial charge on any atom is -0.472 e. The monoisotopic (exact) mass is 235 g/mol. The summed E-state index contributed by atoms with van der Waals surface area (Å²) in [4.78, 5) is 5.19. The van der Waals surface area contributed by atoms with Crippen LogP contribution < -0.4 is 4.74 Å². The molecule has 0 aliphatic heterocycles. The summed E-state index contributed by atoms with van der Waals surface area (Å²) in [6.45, 7) is 2.42. The van der Waals surface area contributed by atoms with Crippen molar-refractivity contribution in [3.8, 4) is 5.88 Å². The Morgan fingerprint density at radius 3 is 2.69 bits per heavy atom. The molecule has 1 N–H and O–H groups in total. The van der Waals surface area contributed by atoms with E-state index in [9.17, 15) is 0 Å². The fourth-order valence-electron chi connectivity index (χ4n) is 1.36. The Bertz CT molecular complexity index is 453. The summed E-state index contributed by atoms with van der Waals surface area (Å²) in [6, 6.07) is 9.95.